The third kappa shape index (κ3) is 5.31. The lowest BCUT2D eigenvalue weighted by atomic mass is 10.1. The minimum atomic E-state index is -0.657. The Morgan fingerprint density at radius 1 is 1.04 bits per heavy atom. The Morgan fingerprint density at radius 2 is 1.78 bits per heavy atom. The van der Waals surface area contributed by atoms with E-state index in [0.717, 1.165) is 5.56 Å². The lowest BCUT2D eigenvalue weighted by molar-refractivity contribution is -0.134. The van der Waals surface area contributed by atoms with Crippen molar-refractivity contribution < 1.29 is 28.2 Å². The van der Waals surface area contributed by atoms with Gasteiger partial charge in [-0.3, -0.25) is 4.79 Å². The van der Waals surface area contributed by atoms with Crippen LogP contribution in [0.1, 0.15) is 21.5 Å². The SMILES string of the molecule is COC(=O)/C=C/c1ccc(F)c(C(=O)NCc2ccc(OC)c(OC)c2)c1. The number of carbonyl (C=O) groups is 2. The Labute approximate surface area is 156 Å². The first kappa shape index (κ1) is 20.0. The fraction of sp³-hybridized carbons (Fsp3) is 0.200. The number of hydrogen-bond acceptors (Lipinski definition) is 5. The second kappa shape index (κ2) is 9.38. The summed E-state index contributed by atoms with van der Waals surface area (Å²) in [6.45, 7) is 0.181. The standard InChI is InChI=1S/C20H20FNO5/c1-25-17-8-5-14(11-18(17)26-2)12-22-20(24)15-10-13(4-7-16(15)21)6-9-19(23)27-3/h4-11H,12H2,1-3H3,(H,22,24)/b9-6+. The van der Waals surface area contributed by atoms with Gasteiger partial charge in [0.25, 0.3) is 5.91 Å². The van der Waals surface area contributed by atoms with Gasteiger partial charge in [-0.15, -0.1) is 0 Å². The summed E-state index contributed by atoms with van der Waals surface area (Å²) in [6.07, 6.45) is 2.63. The van der Waals surface area contributed by atoms with E-state index in [1.165, 1.54) is 51.7 Å². The van der Waals surface area contributed by atoms with Crippen LogP contribution < -0.4 is 14.8 Å². The molecule has 0 aliphatic carbocycles. The van der Waals surface area contributed by atoms with Gasteiger partial charge in [0.05, 0.1) is 26.9 Å². The Balaban J connectivity index is 2.11. The van der Waals surface area contributed by atoms with Crippen LogP contribution in [0.25, 0.3) is 6.08 Å². The highest BCUT2D eigenvalue weighted by atomic mass is 19.1. The maximum atomic E-state index is 14.0. The summed E-state index contributed by atoms with van der Waals surface area (Å²) in [6, 6.07) is 9.21. The van der Waals surface area contributed by atoms with E-state index in [0.29, 0.717) is 17.1 Å². The number of esters is 1. The third-order valence-electron chi connectivity index (χ3n) is 3.75. The van der Waals surface area contributed by atoms with Crippen LogP contribution in [0.3, 0.4) is 0 Å². The van der Waals surface area contributed by atoms with Crippen molar-refractivity contribution >= 4 is 18.0 Å². The van der Waals surface area contributed by atoms with Crippen molar-refractivity contribution in [1.29, 1.82) is 0 Å². The normalized spacial score (nSPS) is 10.5. The van der Waals surface area contributed by atoms with Crippen LogP contribution in [-0.4, -0.2) is 33.2 Å². The third-order valence-corrected chi connectivity index (χ3v) is 3.75. The molecule has 0 saturated carbocycles. The molecule has 0 unspecified atom stereocenters. The molecule has 0 aliphatic heterocycles. The van der Waals surface area contributed by atoms with Gasteiger partial charge in [0.15, 0.2) is 11.5 Å². The zero-order chi connectivity index (χ0) is 19.8. The number of carbonyl (C=O) groups excluding carboxylic acids is 2. The molecule has 0 aliphatic rings. The molecule has 0 aromatic heterocycles. The van der Waals surface area contributed by atoms with Gasteiger partial charge < -0.3 is 19.5 Å². The number of amides is 1. The molecule has 0 heterocycles. The summed E-state index contributed by atoms with van der Waals surface area (Å²) in [4.78, 5) is 23.5. The van der Waals surface area contributed by atoms with Crippen LogP contribution >= 0.6 is 0 Å². The first-order valence-electron chi connectivity index (χ1n) is 8.03. The van der Waals surface area contributed by atoms with E-state index in [2.05, 4.69) is 10.1 Å². The maximum absolute atomic E-state index is 14.0. The fourth-order valence-corrected chi connectivity index (χ4v) is 2.32. The summed E-state index contributed by atoms with van der Waals surface area (Å²) >= 11 is 0. The van der Waals surface area contributed by atoms with E-state index in [1.54, 1.807) is 18.2 Å². The quantitative estimate of drug-likeness (QED) is 0.597. The van der Waals surface area contributed by atoms with Gasteiger partial charge in [0.1, 0.15) is 5.82 Å². The van der Waals surface area contributed by atoms with Crippen LogP contribution in [-0.2, 0) is 16.1 Å². The molecule has 0 bridgehead atoms. The summed E-state index contributed by atoms with van der Waals surface area (Å²) in [5.41, 5.74) is 1.14. The lowest BCUT2D eigenvalue weighted by Crippen LogP contribution is -2.24. The molecule has 2 rings (SSSR count). The van der Waals surface area contributed by atoms with Crippen molar-refractivity contribution in [1.82, 2.24) is 5.32 Å². The van der Waals surface area contributed by atoms with Gasteiger partial charge in [-0.25, -0.2) is 9.18 Å². The summed E-state index contributed by atoms with van der Waals surface area (Å²) < 4.78 is 28.9. The summed E-state index contributed by atoms with van der Waals surface area (Å²) in [7, 11) is 4.30. The number of hydrogen-bond donors (Lipinski definition) is 1. The molecule has 0 saturated heterocycles. The van der Waals surface area contributed by atoms with Crippen molar-refractivity contribution in [3.8, 4) is 11.5 Å². The monoisotopic (exact) mass is 373 g/mol. The average Bonchev–Trinajstić information content (AvgIpc) is 2.70. The Morgan fingerprint density at radius 3 is 2.44 bits per heavy atom. The number of halogens is 1. The van der Waals surface area contributed by atoms with Crippen molar-refractivity contribution in [3.63, 3.8) is 0 Å². The van der Waals surface area contributed by atoms with Gasteiger partial charge in [-0.2, -0.15) is 0 Å². The van der Waals surface area contributed by atoms with Gasteiger partial charge in [-0.05, 0) is 41.5 Å². The topological polar surface area (TPSA) is 73.9 Å². The first-order valence-corrected chi connectivity index (χ1v) is 8.03. The second-order valence-corrected chi connectivity index (χ2v) is 5.47. The van der Waals surface area contributed by atoms with Crippen LogP contribution in [0.4, 0.5) is 4.39 Å². The number of ether oxygens (including phenoxy) is 3. The molecule has 27 heavy (non-hydrogen) atoms. The molecule has 1 N–H and O–H groups in total. The maximum Gasteiger partial charge on any atom is 0.330 e. The molecule has 142 valence electrons. The minimum absolute atomic E-state index is 0.123. The van der Waals surface area contributed by atoms with Crippen LogP contribution in [0, 0.1) is 5.82 Å². The van der Waals surface area contributed by atoms with Gasteiger partial charge in [0.2, 0.25) is 0 Å². The molecule has 2 aromatic rings. The molecule has 7 heteroatoms. The Kier molecular flexibility index (Phi) is 6.93. The predicted octanol–water partition coefficient (Wildman–Crippen LogP) is 2.96. The average molecular weight is 373 g/mol. The van der Waals surface area contributed by atoms with E-state index in [4.69, 9.17) is 9.47 Å². The smallest absolute Gasteiger partial charge is 0.330 e. The predicted molar refractivity (Wildman–Crippen MR) is 98.2 cm³/mol. The first-order chi connectivity index (χ1) is 13.0. The zero-order valence-electron chi connectivity index (χ0n) is 15.2. The molecular weight excluding hydrogens is 353 g/mol. The van der Waals surface area contributed by atoms with Crippen molar-refractivity contribution in [3.05, 3.63) is 65.0 Å². The zero-order valence-corrected chi connectivity index (χ0v) is 15.2. The van der Waals surface area contributed by atoms with Crippen molar-refractivity contribution in [2.45, 2.75) is 6.54 Å². The number of nitrogens with one attached hydrogen (secondary N) is 1. The van der Waals surface area contributed by atoms with E-state index in [9.17, 15) is 14.0 Å². The van der Waals surface area contributed by atoms with Crippen molar-refractivity contribution in [2.24, 2.45) is 0 Å². The highest BCUT2D eigenvalue weighted by Gasteiger charge is 2.13. The van der Waals surface area contributed by atoms with Crippen LogP contribution in [0.2, 0.25) is 0 Å². The number of rotatable bonds is 7. The molecule has 2 aromatic carbocycles. The number of benzene rings is 2. The van der Waals surface area contributed by atoms with E-state index >= 15 is 0 Å². The second-order valence-electron chi connectivity index (χ2n) is 5.47. The fourth-order valence-electron chi connectivity index (χ4n) is 2.32. The molecule has 0 spiro atoms. The lowest BCUT2D eigenvalue weighted by Gasteiger charge is -2.11. The van der Waals surface area contributed by atoms with E-state index in [-0.39, 0.29) is 12.1 Å². The highest BCUT2D eigenvalue weighted by Crippen LogP contribution is 2.27. The van der Waals surface area contributed by atoms with Gasteiger partial charge >= 0.3 is 5.97 Å². The Bertz CT molecular complexity index is 863. The van der Waals surface area contributed by atoms with Gasteiger partial charge in [-0.1, -0.05) is 12.1 Å². The van der Waals surface area contributed by atoms with Gasteiger partial charge in [0, 0.05) is 12.6 Å². The van der Waals surface area contributed by atoms with E-state index < -0.39 is 17.7 Å². The summed E-state index contributed by atoms with van der Waals surface area (Å²) in [5, 5.41) is 2.66. The number of methoxy groups -OCH3 is 3. The summed E-state index contributed by atoms with van der Waals surface area (Å²) in [5.74, 6) is -0.668. The van der Waals surface area contributed by atoms with Crippen LogP contribution in [0.15, 0.2) is 42.5 Å². The molecule has 6 nitrogen and oxygen atoms in total. The molecule has 0 radical (unpaired) electrons. The van der Waals surface area contributed by atoms with Crippen LogP contribution in [0.5, 0.6) is 11.5 Å². The molecule has 1 amide bonds. The minimum Gasteiger partial charge on any atom is -0.493 e. The highest BCUT2D eigenvalue weighted by molar-refractivity contribution is 5.95. The molecule has 0 fully saturated rings. The largest absolute Gasteiger partial charge is 0.493 e. The van der Waals surface area contributed by atoms with Crippen molar-refractivity contribution in [2.75, 3.05) is 21.3 Å². The molecular formula is C20H20FNO5. The van der Waals surface area contributed by atoms with E-state index in [1.807, 2.05) is 0 Å². The Hall–Kier alpha value is -3.35. The molecule has 0 atom stereocenters.